The Morgan fingerprint density at radius 3 is 2.69 bits per heavy atom. The number of ether oxygens (including phenoxy) is 2. The third kappa shape index (κ3) is 3.65. The van der Waals surface area contributed by atoms with Crippen LogP contribution in [0.25, 0.3) is 11.1 Å². The number of hydrogen-bond acceptors (Lipinski definition) is 5. The first-order chi connectivity index (χ1) is 12.7. The number of anilines is 1. The van der Waals surface area contributed by atoms with E-state index in [2.05, 4.69) is 22.1 Å². The average molecular weight is 356 g/mol. The summed E-state index contributed by atoms with van der Waals surface area (Å²) in [5.74, 6) is 0.0196. The minimum Gasteiger partial charge on any atom is -0.379 e. The quantitative estimate of drug-likeness (QED) is 0.826. The molecule has 0 radical (unpaired) electrons. The topological polar surface area (TPSA) is 59.8 Å². The molecular weight excluding hydrogens is 332 g/mol. The molecule has 0 spiro atoms. The van der Waals surface area contributed by atoms with Gasteiger partial charge >= 0.3 is 0 Å². The molecule has 2 aromatic rings. The fourth-order valence-electron chi connectivity index (χ4n) is 3.49. The van der Waals surface area contributed by atoms with Crippen LogP contribution in [-0.4, -0.2) is 66.6 Å². The van der Waals surface area contributed by atoms with E-state index in [1.54, 1.807) is 4.68 Å². The lowest BCUT2D eigenvalue weighted by Crippen LogP contribution is -2.43. The lowest BCUT2D eigenvalue weighted by molar-refractivity contribution is -0.123. The van der Waals surface area contributed by atoms with Crippen molar-refractivity contribution in [3.8, 4) is 11.1 Å². The van der Waals surface area contributed by atoms with Crippen LogP contribution in [-0.2, 0) is 27.9 Å². The van der Waals surface area contributed by atoms with Crippen molar-refractivity contribution in [1.82, 2.24) is 14.7 Å². The van der Waals surface area contributed by atoms with Crippen molar-refractivity contribution < 1.29 is 14.3 Å². The van der Waals surface area contributed by atoms with Crippen LogP contribution in [0.2, 0.25) is 0 Å². The van der Waals surface area contributed by atoms with Crippen LogP contribution in [0, 0.1) is 0 Å². The van der Waals surface area contributed by atoms with Crippen LogP contribution in [0.4, 0.5) is 5.69 Å². The fourth-order valence-corrected chi connectivity index (χ4v) is 3.49. The number of amides is 1. The Morgan fingerprint density at radius 1 is 1.08 bits per heavy atom. The minimum atomic E-state index is 0.0196. The van der Waals surface area contributed by atoms with E-state index in [1.165, 1.54) is 0 Å². The molecule has 1 aromatic carbocycles. The molecular formula is C19H24N4O3. The number of carbonyl (C=O) groups excluding carboxylic acids is 1. The largest absolute Gasteiger partial charge is 0.379 e. The molecule has 1 aromatic heterocycles. The van der Waals surface area contributed by atoms with Gasteiger partial charge in [0.15, 0.2) is 0 Å². The number of rotatable bonds is 4. The molecule has 7 nitrogen and oxygen atoms in total. The smallest absolute Gasteiger partial charge is 0.253 e. The van der Waals surface area contributed by atoms with Crippen LogP contribution < -0.4 is 4.90 Å². The normalized spacial score (nSPS) is 18.7. The van der Waals surface area contributed by atoms with Gasteiger partial charge in [-0.15, -0.1) is 0 Å². The summed E-state index contributed by atoms with van der Waals surface area (Å²) >= 11 is 0. The number of benzene rings is 1. The summed E-state index contributed by atoms with van der Waals surface area (Å²) in [6.45, 7) is 5.46. The number of nitrogens with zero attached hydrogens (tertiary/aromatic N) is 4. The average Bonchev–Trinajstić information content (AvgIpc) is 3.03. The fraction of sp³-hybridized carbons (Fsp3) is 0.474. The predicted molar refractivity (Wildman–Crippen MR) is 97.9 cm³/mol. The van der Waals surface area contributed by atoms with E-state index in [0.29, 0.717) is 13.2 Å². The highest BCUT2D eigenvalue weighted by molar-refractivity contribution is 5.96. The summed E-state index contributed by atoms with van der Waals surface area (Å²) in [6.07, 6.45) is 3.83. The molecule has 4 rings (SSSR count). The van der Waals surface area contributed by atoms with E-state index in [0.717, 1.165) is 55.2 Å². The highest BCUT2D eigenvalue weighted by Gasteiger charge is 2.24. The van der Waals surface area contributed by atoms with Gasteiger partial charge in [-0.3, -0.25) is 14.4 Å². The third-order valence-electron chi connectivity index (χ3n) is 4.94. The van der Waals surface area contributed by atoms with E-state index < -0.39 is 0 Å². The molecule has 0 N–H and O–H groups in total. The lowest BCUT2D eigenvalue weighted by Gasteiger charge is -2.30. The Bertz CT molecular complexity index is 783. The first-order valence-corrected chi connectivity index (χ1v) is 9.01. The predicted octanol–water partition coefficient (Wildman–Crippen LogP) is 1.28. The van der Waals surface area contributed by atoms with Gasteiger partial charge in [-0.2, -0.15) is 5.10 Å². The van der Waals surface area contributed by atoms with Crippen LogP contribution in [0.1, 0.15) is 5.56 Å². The summed E-state index contributed by atoms with van der Waals surface area (Å²) < 4.78 is 12.8. The molecule has 2 aliphatic heterocycles. The molecule has 7 heteroatoms. The molecule has 0 atom stereocenters. The van der Waals surface area contributed by atoms with Crippen LogP contribution in [0.5, 0.6) is 0 Å². The summed E-state index contributed by atoms with van der Waals surface area (Å²) in [6, 6.07) is 6.19. The number of carbonyl (C=O) groups is 1. The van der Waals surface area contributed by atoms with Crippen molar-refractivity contribution in [2.45, 2.75) is 6.61 Å². The molecule has 1 fully saturated rings. The molecule has 2 aliphatic rings. The Balaban J connectivity index is 1.56. The maximum absolute atomic E-state index is 12.6. The second kappa shape index (κ2) is 7.57. The van der Waals surface area contributed by atoms with Crippen LogP contribution >= 0.6 is 0 Å². The zero-order valence-corrected chi connectivity index (χ0v) is 15.1. The van der Waals surface area contributed by atoms with Crippen molar-refractivity contribution in [3.05, 3.63) is 36.2 Å². The second-order valence-electron chi connectivity index (χ2n) is 6.74. The first kappa shape index (κ1) is 17.2. The van der Waals surface area contributed by atoms with Gasteiger partial charge in [-0.1, -0.05) is 6.07 Å². The lowest BCUT2D eigenvalue weighted by atomic mass is 10.0. The number of hydrogen-bond donors (Lipinski definition) is 0. The molecule has 0 saturated carbocycles. The van der Waals surface area contributed by atoms with Crippen molar-refractivity contribution in [2.75, 3.05) is 50.9 Å². The summed E-state index contributed by atoms with van der Waals surface area (Å²) in [5.41, 5.74) is 4.14. The van der Waals surface area contributed by atoms with Gasteiger partial charge in [0.05, 0.1) is 26.0 Å². The molecule has 138 valence electrons. The zero-order chi connectivity index (χ0) is 17.9. The molecule has 0 aliphatic carbocycles. The van der Waals surface area contributed by atoms with Crippen molar-refractivity contribution in [3.63, 3.8) is 0 Å². The van der Waals surface area contributed by atoms with Crippen molar-refractivity contribution in [1.29, 1.82) is 0 Å². The van der Waals surface area contributed by atoms with Crippen molar-refractivity contribution in [2.24, 2.45) is 7.05 Å². The van der Waals surface area contributed by atoms with E-state index in [1.807, 2.05) is 30.4 Å². The van der Waals surface area contributed by atoms with Gasteiger partial charge < -0.3 is 14.4 Å². The molecule has 26 heavy (non-hydrogen) atoms. The summed E-state index contributed by atoms with van der Waals surface area (Å²) in [4.78, 5) is 16.8. The van der Waals surface area contributed by atoms with E-state index >= 15 is 0 Å². The summed E-state index contributed by atoms with van der Waals surface area (Å²) in [5, 5.41) is 4.24. The van der Waals surface area contributed by atoms with Gasteiger partial charge in [0.2, 0.25) is 0 Å². The standard InChI is InChI=1S/C19H24N4O3/c1-21-12-17(11-20-21)15-2-3-18-16(10-15)13-26-14-19(24)23(18)5-4-22-6-8-25-9-7-22/h2-3,10-12H,4-9,13-14H2,1H3. The summed E-state index contributed by atoms with van der Waals surface area (Å²) in [7, 11) is 1.90. The Kier molecular flexibility index (Phi) is 5.01. The molecule has 1 amide bonds. The molecule has 0 bridgehead atoms. The highest BCUT2D eigenvalue weighted by atomic mass is 16.5. The van der Waals surface area contributed by atoms with Gasteiger partial charge in [-0.05, 0) is 17.7 Å². The molecule has 1 saturated heterocycles. The number of aryl methyl sites for hydroxylation is 1. The Labute approximate surface area is 153 Å². The molecule has 0 unspecified atom stereocenters. The van der Waals surface area contributed by atoms with Gasteiger partial charge in [0.1, 0.15) is 6.61 Å². The Hall–Kier alpha value is -2.22. The highest BCUT2D eigenvalue weighted by Crippen LogP contribution is 2.30. The van der Waals surface area contributed by atoms with Crippen molar-refractivity contribution >= 4 is 11.6 Å². The van der Waals surface area contributed by atoms with E-state index in [9.17, 15) is 4.79 Å². The van der Waals surface area contributed by atoms with E-state index in [4.69, 9.17) is 9.47 Å². The second-order valence-corrected chi connectivity index (χ2v) is 6.74. The van der Waals surface area contributed by atoms with Gasteiger partial charge in [-0.25, -0.2) is 0 Å². The molecule has 3 heterocycles. The monoisotopic (exact) mass is 356 g/mol. The number of fused-ring (bicyclic) bond motifs is 1. The minimum absolute atomic E-state index is 0.0196. The van der Waals surface area contributed by atoms with Crippen LogP contribution in [0.15, 0.2) is 30.6 Å². The maximum atomic E-state index is 12.6. The third-order valence-corrected chi connectivity index (χ3v) is 4.94. The SMILES string of the molecule is Cn1cc(-c2ccc3c(c2)COCC(=O)N3CCN2CCOCC2)cn1. The number of morpholine rings is 1. The zero-order valence-electron chi connectivity index (χ0n) is 15.1. The van der Waals surface area contributed by atoms with Gasteiger partial charge in [0.25, 0.3) is 5.91 Å². The Morgan fingerprint density at radius 2 is 1.92 bits per heavy atom. The maximum Gasteiger partial charge on any atom is 0.253 e. The van der Waals surface area contributed by atoms with E-state index in [-0.39, 0.29) is 12.5 Å². The number of aromatic nitrogens is 2. The van der Waals surface area contributed by atoms with Gasteiger partial charge in [0, 0.05) is 56.2 Å². The van der Waals surface area contributed by atoms with Crippen LogP contribution in [0.3, 0.4) is 0 Å². The first-order valence-electron chi connectivity index (χ1n) is 9.01.